The number of benzene rings is 2. The molecule has 1 N–H and O–H groups in total. The van der Waals surface area contributed by atoms with E-state index in [1.807, 2.05) is 20.8 Å². The first-order valence-electron chi connectivity index (χ1n) is 8.18. The van der Waals surface area contributed by atoms with E-state index in [4.69, 9.17) is 0 Å². The van der Waals surface area contributed by atoms with E-state index in [9.17, 15) is 19.7 Å². The van der Waals surface area contributed by atoms with E-state index < -0.39 is 16.2 Å². The Hall–Kier alpha value is -3.22. The molecular weight excluding hydrogens is 334 g/mol. The third-order valence-corrected chi connectivity index (χ3v) is 4.27. The number of nitrogens with zero attached hydrogens (tertiary/aromatic N) is 2. The van der Waals surface area contributed by atoms with Gasteiger partial charge >= 0.3 is 0 Å². The zero-order valence-electron chi connectivity index (χ0n) is 14.8. The number of rotatable bonds is 2. The molecule has 7 nitrogen and oxygen atoms in total. The molecule has 0 aliphatic carbocycles. The highest BCUT2D eigenvalue weighted by molar-refractivity contribution is 6.15. The molecule has 0 atom stereocenters. The number of para-hydroxylation sites is 2. The van der Waals surface area contributed by atoms with Crippen LogP contribution in [0.25, 0.3) is 0 Å². The molecule has 0 radical (unpaired) electrons. The van der Waals surface area contributed by atoms with Crippen molar-refractivity contribution in [2.45, 2.75) is 26.2 Å². The van der Waals surface area contributed by atoms with Crippen molar-refractivity contribution in [2.24, 2.45) is 0 Å². The highest BCUT2D eigenvalue weighted by Gasteiger charge is 2.30. The number of hydrogen-bond acceptors (Lipinski definition) is 4. The number of hydrogen-bond donors (Lipinski definition) is 1. The summed E-state index contributed by atoms with van der Waals surface area (Å²) in [6.07, 6.45) is 0. The summed E-state index contributed by atoms with van der Waals surface area (Å²) in [6.45, 7) is 5.50. The fourth-order valence-electron chi connectivity index (χ4n) is 3.02. The van der Waals surface area contributed by atoms with Crippen molar-refractivity contribution >= 4 is 28.9 Å². The van der Waals surface area contributed by atoms with Crippen molar-refractivity contribution in [3.8, 4) is 0 Å². The standard InChI is InChI=1S/C19H19N3O4/c1-19(2,3)13-9-8-12(10-16(13)22(25)26)18(24)21-11-17(23)20-14-6-4-5-7-15(14)21/h4-10H,11H2,1-3H3,(H,20,23). The number of nitro benzene ring substituents is 1. The summed E-state index contributed by atoms with van der Waals surface area (Å²) in [7, 11) is 0. The molecule has 2 aromatic carbocycles. The van der Waals surface area contributed by atoms with Crippen molar-refractivity contribution < 1.29 is 14.5 Å². The zero-order chi connectivity index (χ0) is 19.1. The van der Waals surface area contributed by atoms with E-state index >= 15 is 0 Å². The van der Waals surface area contributed by atoms with Crippen molar-refractivity contribution in [2.75, 3.05) is 16.8 Å². The predicted octanol–water partition coefficient (Wildman–Crippen LogP) is 3.49. The minimum Gasteiger partial charge on any atom is -0.323 e. The van der Waals surface area contributed by atoms with Crippen LogP contribution in [0.2, 0.25) is 0 Å². The average molecular weight is 353 g/mol. The number of carbonyl (C=O) groups is 2. The van der Waals surface area contributed by atoms with Gasteiger partial charge in [-0.3, -0.25) is 24.6 Å². The minimum absolute atomic E-state index is 0.0990. The SMILES string of the molecule is CC(C)(C)c1ccc(C(=O)N2CC(=O)Nc3ccccc32)cc1[N+](=O)[O-]. The van der Waals surface area contributed by atoms with E-state index in [2.05, 4.69) is 5.32 Å². The molecule has 0 fully saturated rings. The minimum atomic E-state index is -0.478. The number of carbonyl (C=O) groups excluding carboxylic acids is 2. The van der Waals surface area contributed by atoms with E-state index in [-0.39, 0.29) is 23.7 Å². The van der Waals surface area contributed by atoms with Gasteiger partial charge in [0.1, 0.15) is 6.54 Å². The summed E-state index contributed by atoms with van der Waals surface area (Å²) in [5.74, 6) is -0.756. The van der Waals surface area contributed by atoms with Gasteiger partial charge in [-0.05, 0) is 23.6 Å². The Morgan fingerprint density at radius 1 is 1.19 bits per heavy atom. The molecule has 2 aromatic rings. The molecule has 0 saturated heterocycles. The van der Waals surface area contributed by atoms with Crippen LogP contribution in [0.1, 0.15) is 36.7 Å². The molecule has 1 aliphatic rings. The lowest BCUT2D eigenvalue weighted by Crippen LogP contribution is -2.42. The van der Waals surface area contributed by atoms with Crippen LogP contribution in [0.3, 0.4) is 0 Å². The summed E-state index contributed by atoms with van der Waals surface area (Å²) in [4.78, 5) is 37.2. The Balaban J connectivity index is 2.05. The second-order valence-electron chi connectivity index (χ2n) is 7.20. The first-order chi connectivity index (χ1) is 12.2. The number of nitrogens with one attached hydrogen (secondary N) is 1. The van der Waals surface area contributed by atoms with Crippen LogP contribution in [0.4, 0.5) is 17.1 Å². The summed E-state index contributed by atoms with van der Waals surface area (Å²) in [5.41, 5.74) is 1.31. The van der Waals surface area contributed by atoms with Gasteiger partial charge in [0, 0.05) is 17.2 Å². The van der Waals surface area contributed by atoms with E-state index in [1.54, 1.807) is 36.4 Å². The lowest BCUT2D eigenvalue weighted by molar-refractivity contribution is -0.386. The first kappa shape index (κ1) is 17.6. The molecule has 2 amide bonds. The molecule has 1 aliphatic heterocycles. The molecule has 134 valence electrons. The Kier molecular flexibility index (Phi) is 4.23. The fraction of sp³-hybridized carbons (Fsp3) is 0.263. The second kappa shape index (κ2) is 6.25. The van der Waals surface area contributed by atoms with Crippen molar-refractivity contribution in [3.63, 3.8) is 0 Å². The fourth-order valence-corrected chi connectivity index (χ4v) is 3.02. The summed E-state index contributed by atoms with van der Waals surface area (Å²) >= 11 is 0. The molecule has 7 heteroatoms. The van der Waals surface area contributed by atoms with Gasteiger partial charge in [-0.15, -0.1) is 0 Å². The van der Waals surface area contributed by atoms with Gasteiger partial charge in [0.05, 0.1) is 16.3 Å². The Labute approximate surface area is 150 Å². The molecule has 0 saturated carbocycles. The van der Waals surface area contributed by atoms with Gasteiger partial charge < -0.3 is 5.32 Å². The third kappa shape index (κ3) is 3.15. The quantitative estimate of drug-likeness (QED) is 0.661. The summed E-state index contributed by atoms with van der Waals surface area (Å²) in [5, 5.41) is 14.2. The maximum Gasteiger partial charge on any atom is 0.273 e. The van der Waals surface area contributed by atoms with Crippen molar-refractivity contribution in [1.29, 1.82) is 0 Å². The van der Waals surface area contributed by atoms with Crippen LogP contribution in [0.15, 0.2) is 42.5 Å². The van der Waals surface area contributed by atoms with E-state index in [0.717, 1.165) is 0 Å². The van der Waals surface area contributed by atoms with Gasteiger partial charge in [-0.1, -0.05) is 39.0 Å². The molecule has 0 aromatic heterocycles. The summed E-state index contributed by atoms with van der Waals surface area (Å²) < 4.78 is 0. The van der Waals surface area contributed by atoms with E-state index in [1.165, 1.54) is 11.0 Å². The molecule has 0 unspecified atom stereocenters. The molecule has 0 bridgehead atoms. The largest absolute Gasteiger partial charge is 0.323 e. The average Bonchev–Trinajstić information content (AvgIpc) is 2.59. The highest BCUT2D eigenvalue weighted by Crippen LogP contribution is 2.34. The number of amides is 2. The lowest BCUT2D eigenvalue weighted by Gasteiger charge is -2.29. The lowest BCUT2D eigenvalue weighted by atomic mass is 9.85. The number of fused-ring (bicyclic) bond motifs is 1. The first-order valence-corrected chi connectivity index (χ1v) is 8.18. The van der Waals surface area contributed by atoms with Crippen molar-refractivity contribution in [3.05, 3.63) is 63.7 Å². The third-order valence-electron chi connectivity index (χ3n) is 4.27. The number of nitro groups is 1. The van der Waals surface area contributed by atoms with Crippen LogP contribution in [0, 0.1) is 10.1 Å². The van der Waals surface area contributed by atoms with Gasteiger partial charge in [0.15, 0.2) is 0 Å². The normalized spacial score (nSPS) is 13.8. The van der Waals surface area contributed by atoms with Crippen LogP contribution in [-0.4, -0.2) is 23.3 Å². The highest BCUT2D eigenvalue weighted by atomic mass is 16.6. The maximum atomic E-state index is 13.0. The maximum absolute atomic E-state index is 13.0. The van der Waals surface area contributed by atoms with Crippen LogP contribution in [-0.2, 0) is 10.2 Å². The zero-order valence-corrected chi connectivity index (χ0v) is 14.8. The second-order valence-corrected chi connectivity index (χ2v) is 7.20. The van der Waals surface area contributed by atoms with Crippen LogP contribution < -0.4 is 10.2 Å². The molecule has 0 spiro atoms. The molecule has 3 rings (SSSR count). The van der Waals surface area contributed by atoms with Gasteiger partial charge in [0.2, 0.25) is 5.91 Å². The Morgan fingerprint density at radius 3 is 2.54 bits per heavy atom. The Bertz CT molecular complexity index is 915. The van der Waals surface area contributed by atoms with Crippen LogP contribution >= 0.6 is 0 Å². The van der Waals surface area contributed by atoms with Crippen LogP contribution in [0.5, 0.6) is 0 Å². The molecule has 26 heavy (non-hydrogen) atoms. The van der Waals surface area contributed by atoms with Gasteiger partial charge in [0.25, 0.3) is 11.6 Å². The Morgan fingerprint density at radius 2 is 1.88 bits per heavy atom. The van der Waals surface area contributed by atoms with Gasteiger partial charge in [-0.2, -0.15) is 0 Å². The van der Waals surface area contributed by atoms with Gasteiger partial charge in [-0.25, -0.2) is 0 Å². The monoisotopic (exact) mass is 353 g/mol. The topological polar surface area (TPSA) is 92.6 Å². The molecule has 1 heterocycles. The summed E-state index contributed by atoms with van der Waals surface area (Å²) in [6, 6.07) is 11.4. The molecular formula is C19H19N3O4. The predicted molar refractivity (Wildman–Crippen MR) is 98.5 cm³/mol. The number of anilines is 2. The smallest absolute Gasteiger partial charge is 0.273 e. The van der Waals surface area contributed by atoms with Crippen molar-refractivity contribution in [1.82, 2.24) is 0 Å². The van der Waals surface area contributed by atoms with E-state index in [0.29, 0.717) is 16.9 Å².